The molecule has 0 saturated heterocycles. The lowest BCUT2D eigenvalue weighted by Gasteiger charge is -2.27. The molecule has 0 amide bonds. The Morgan fingerprint density at radius 1 is 1.29 bits per heavy atom. The molecule has 1 saturated carbocycles. The van der Waals surface area contributed by atoms with Crippen LogP contribution in [0.2, 0.25) is 0 Å². The van der Waals surface area contributed by atoms with Crippen molar-refractivity contribution < 1.29 is 4.74 Å². The zero-order valence-electron chi connectivity index (χ0n) is 9.15. The molecule has 0 radical (unpaired) electrons. The maximum atomic E-state index is 6.00. The Kier molecular flexibility index (Phi) is 5.83. The Balaban J connectivity index is 2.08. The van der Waals surface area contributed by atoms with E-state index in [9.17, 15) is 0 Å². The van der Waals surface area contributed by atoms with Crippen molar-refractivity contribution in [1.82, 2.24) is 5.32 Å². The second kappa shape index (κ2) is 6.65. The van der Waals surface area contributed by atoms with Crippen molar-refractivity contribution in [3.8, 4) is 0 Å². The molecule has 0 aromatic heterocycles. The first-order valence-electron chi connectivity index (χ1n) is 5.72. The monoisotopic (exact) mass is 219 g/mol. The van der Waals surface area contributed by atoms with Crippen LogP contribution in [0.5, 0.6) is 0 Å². The van der Waals surface area contributed by atoms with E-state index in [2.05, 4.69) is 12.2 Å². The smallest absolute Gasteiger partial charge is 0.0591 e. The fourth-order valence-corrected chi connectivity index (χ4v) is 2.41. The van der Waals surface area contributed by atoms with Gasteiger partial charge >= 0.3 is 0 Å². The van der Waals surface area contributed by atoms with Gasteiger partial charge in [-0.1, -0.05) is 19.8 Å². The Morgan fingerprint density at radius 3 is 2.57 bits per heavy atom. The number of rotatable bonds is 7. The van der Waals surface area contributed by atoms with E-state index in [1.165, 1.54) is 25.7 Å². The number of hydrogen-bond acceptors (Lipinski definition) is 2. The first-order valence-corrected chi connectivity index (χ1v) is 6.25. The van der Waals surface area contributed by atoms with E-state index in [1.807, 2.05) is 0 Å². The average Bonchev–Trinajstić information content (AvgIpc) is 2.67. The number of nitrogens with one attached hydrogen (secondary N) is 1. The summed E-state index contributed by atoms with van der Waals surface area (Å²) in [4.78, 5) is 0. The highest BCUT2D eigenvalue weighted by Gasteiger charge is 2.31. The van der Waals surface area contributed by atoms with Gasteiger partial charge in [0.15, 0.2) is 0 Å². The van der Waals surface area contributed by atoms with Gasteiger partial charge in [0.1, 0.15) is 0 Å². The maximum absolute atomic E-state index is 6.00. The minimum absolute atomic E-state index is 0.219. The van der Waals surface area contributed by atoms with Crippen LogP contribution in [0.25, 0.3) is 0 Å². The third-order valence-corrected chi connectivity index (χ3v) is 3.42. The molecular weight excluding hydrogens is 198 g/mol. The zero-order chi connectivity index (χ0) is 10.3. The third kappa shape index (κ3) is 3.76. The van der Waals surface area contributed by atoms with Gasteiger partial charge in [-0.15, -0.1) is 11.6 Å². The molecule has 0 spiro atoms. The van der Waals surface area contributed by atoms with E-state index in [-0.39, 0.29) is 5.54 Å². The molecule has 1 aliphatic rings. The summed E-state index contributed by atoms with van der Waals surface area (Å²) in [6, 6.07) is 0. The van der Waals surface area contributed by atoms with Crippen molar-refractivity contribution in [3.63, 3.8) is 0 Å². The van der Waals surface area contributed by atoms with E-state index >= 15 is 0 Å². The summed E-state index contributed by atoms with van der Waals surface area (Å²) in [5, 5.41) is 3.55. The van der Waals surface area contributed by atoms with Gasteiger partial charge in [-0.25, -0.2) is 0 Å². The molecule has 84 valence electrons. The van der Waals surface area contributed by atoms with Gasteiger partial charge < -0.3 is 10.1 Å². The second-order valence-electron chi connectivity index (χ2n) is 4.16. The van der Waals surface area contributed by atoms with E-state index in [0.29, 0.717) is 0 Å². The van der Waals surface area contributed by atoms with Gasteiger partial charge in [-0.05, 0) is 19.3 Å². The molecule has 0 atom stereocenters. The topological polar surface area (TPSA) is 21.3 Å². The van der Waals surface area contributed by atoms with Crippen LogP contribution in [0.15, 0.2) is 0 Å². The molecule has 1 aliphatic carbocycles. The van der Waals surface area contributed by atoms with E-state index in [0.717, 1.165) is 32.1 Å². The van der Waals surface area contributed by atoms with Crippen LogP contribution in [0.4, 0.5) is 0 Å². The highest BCUT2D eigenvalue weighted by atomic mass is 35.5. The van der Waals surface area contributed by atoms with Crippen LogP contribution in [-0.4, -0.2) is 31.2 Å². The summed E-state index contributed by atoms with van der Waals surface area (Å²) in [6.45, 7) is 4.75. The van der Waals surface area contributed by atoms with Crippen LogP contribution < -0.4 is 5.32 Å². The normalized spacial score (nSPS) is 20.1. The predicted molar refractivity (Wildman–Crippen MR) is 61.0 cm³/mol. The molecule has 2 nitrogen and oxygen atoms in total. The van der Waals surface area contributed by atoms with Gasteiger partial charge in [-0.3, -0.25) is 0 Å². The molecule has 1 N–H and O–H groups in total. The summed E-state index contributed by atoms with van der Waals surface area (Å²) in [5.41, 5.74) is 0.219. The molecule has 0 bridgehead atoms. The SMILES string of the molecule is CCCOCCNC1(CCl)CCCC1. The molecule has 0 aliphatic heterocycles. The summed E-state index contributed by atoms with van der Waals surface area (Å²) < 4.78 is 5.43. The lowest BCUT2D eigenvalue weighted by atomic mass is 10.0. The highest BCUT2D eigenvalue weighted by molar-refractivity contribution is 6.18. The van der Waals surface area contributed by atoms with Gasteiger partial charge in [0.05, 0.1) is 6.61 Å². The van der Waals surface area contributed by atoms with Crippen molar-refractivity contribution in [3.05, 3.63) is 0 Å². The Labute approximate surface area is 92.3 Å². The molecule has 1 rings (SSSR count). The van der Waals surface area contributed by atoms with E-state index in [1.54, 1.807) is 0 Å². The Bertz CT molecular complexity index is 146. The Hall–Kier alpha value is 0.210. The van der Waals surface area contributed by atoms with Gasteiger partial charge in [-0.2, -0.15) is 0 Å². The molecule has 0 aromatic carbocycles. The largest absolute Gasteiger partial charge is 0.380 e. The minimum Gasteiger partial charge on any atom is -0.380 e. The van der Waals surface area contributed by atoms with Gasteiger partial charge in [0.25, 0.3) is 0 Å². The molecule has 1 fully saturated rings. The molecule has 0 heterocycles. The first-order chi connectivity index (χ1) is 6.83. The van der Waals surface area contributed by atoms with Crippen molar-refractivity contribution in [2.24, 2.45) is 0 Å². The van der Waals surface area contributed by atoms with Crippen molar-refractivity contribution >= 4 is 11.6 Å². The van der Waals surface area contributed by atoms with Crippen LogP contribution in [-0.2, 0) is 4.74 Å². The standard InChI is InChI=1S/C11H22ClNO/c1-2-8-14-9-7-13-11(10-12)5-3-4-6-11/h13H,2-10H2,1H3. The Morgan fingerprint density at radius 2 is 2.00 bits per heavy atom. The summed E-state index contributed by atoms with van der Waals surface area (Å²) in [5.74, 6) is 0.737. The number of halogens is 1. The second-order valence-corrected chi connectivity index (χ2v) is 4.43. The van der Waals surface area contributed by atoms with Crippen LogP contribution >= 0.6 is 11.6 Å². The van der Waals surface area contributed by atoms with Gasteiger partial charge in [0, 0.05) is 24.6 Å². The number of alkyl halides is 1. The summed E-state index contributed by atoms with van der Waals surface area (Å²) in [7, 11) is 0. The minimum atomic E-state index is 0.219. The number of hydrogen-bond donors (Lipinski definition) is 1. The molecular formula is C11H22ClNO. The quantitative estimate of drug-likeness (QED) is 0.525. The predicted octanol–water partition coefficient (Wildman–Crippen LogP) is 2.55. The summed E-state index contributed by atoms with van der Waals surface area (Å²) >= 11 is 6.00. The molecule has 3 heteroatoms. The fraction of sp³-hybridized carbons (Fsp3) is 1.00. The highest BCUT2D eigenvalue weighted by Crippen LogP contribution is 2.30. The first kappa shape index (κ1) is 12.3. The van der Waals surface area contributed by atoms with Crippen LogP contribution in [0.1, 0.15) is 39.0 Å². The molecule has 14 heavy (non-hydrogen) atoms. The maximum Gasteiger partial charge on any atom is 0.0591 e. The third-order valence-electron chi connectivity index (χ3n) is 2.91. The average molecular weight is 220 g/mol. The zero-order valence-corrected chi connectivity index (χ0v) is 9.91. The molecule has 0 unspecified atom stereocenters. The fourth-order valence-electron chi connectivity index (χ4n) is 2.04. The van der Waals surface area contributed by atoms with E-state index in [4.69, 9.17) is 16.3 Å². The number of ether oxygens (including phenoxy) is 1. The lowest BCUT2D eigenvalue weighted by Crippen LogP contribution is -2.45. The van der Waals surface area contributed by atoms with Crippen LogP contribution in [0.3, 0.4) is 0 Å². The lowest BCUT2D eigenvalue weighted by molar-refractivity contribution is 0.130. The van der Waals surface area contributed by atoms with Crippen molar-refractivity contribution in [1.29, 1.82) is 0 Å². The summed E-state index contributed by atoms with van der Waals surface area (Å²) in [6.07, 6.45) is 6.18. The van der Waals surface area contributed by atoms with Crippen molar-refractivity contribution in [2.75, 3.05) is 25.6 Å². The van der Waals surface area contributed by atoms with Crippen LogP contribution in [0, 0.1) is 0 Å². The van der Waals surface area contributed by atoms with Gasteiger partial charge in [0.2, 0.25) is 0 Å². The van der Waals surface area contributed by atoms with Crippen molar-refractivity contribution in [2.45, 2.75) is 44.6 Å². The van der Waals surface area contributed by atoms with E-state index < -0.39 is 0 Å². The molecule has 0 aromatic rings.